The molecule has 0 N–H and O–H groups in total. The smallest absolute Gasteiger partial charge is 0.274 e. The molecule has 52 valence electrons. The second kappa shape index (κ2) is 2.70. The van der Waals surface area contributed by atoms with Crippen molar-refractivity contribution in [3.05, 3.63) is 24.2 Å². The van der Waals surface area contributed by atoms with E-state index in [0.717, 1.165) is 0 Å². The summed E-state index contributed by atoms with van der Waals surface area (Å²) in [5.41, 5.74) is 0. The van der Waals surface area contributed by atoms with Crippen LogP contribution >= 0.6 is 12.6 Å². The van der Waals surface area contributed by atoms with Crippen LogP contribution in [0.25, 0.3) is 0 Å². The van der Waals surface area contributed by atoms with Gasteiger partial charge >= 0.3 is 0 Å². The van der Waals surface area contributed by atoms with Crippen molar-refractivity contribution in [3.63, 3.8) is 0 Å². The Hall–Kier alpha value is -1.03. The van der Waals surface area contributed by atoms with Gasteiger partial charge in [0.15, 0.2) is 5.76 Å². The largest absolute Gasteiger partial charge is 0.461 e. The van der Waals surface area contributed by atoms with E-state index in [1.54, 1.807) is 0 Å². The topological polar surface area (TPSA) is 47.3 Å². The Bertz CT molecular complexity index is 250. The Morgan fingerprint density at radius 1 is 1.50 bits per heavy atom. The van der Waals surface area contributed by atoms with Gasteiger partial charge in [0.1, 0.15) is 0 Å². The van der Waals surface area contributed by atoms with E-state index in [9.17, 15) is 9.59 Å². The molecular formula is C6H4O3S. The number of hydrogen-bond acceptors (Lipinski definition) is 3. The molecule has 0 spiro atoms. The maximum Gasteiger partial charge on any atom is 0.274 e. The van der Waals surface area contributed by atoms with Crippen LogP contribution in [0, 0.1) is 0 Å². The third-order valence-electron chi connectivity index (χ3n) is 0.939. The molecule has 0 radical (unpaired) electrons. The Kier molecular flexibility index (Phi) is 1.91. The highest BCUT2D eigenvalue weighted by molar-refractivity contribution is 7.98. The number of ketones is 1. The summed E-state index contributed by atoms with van der Waals surface area (Å²) in [6.07, 6.45) is 1.32. The van der Waals surface area contributed by atoms with Crippen molar-refractivity contribution in [2.75, 3.05) is 0 Å². The van der Waals surface area contributed by atoms with E-state index in [2.05, 4.69) is 17.0 Å². The molecule has 0 bridgehead atoms. The molecule has 1 rings (SSSR count). The van der Waals surface area contributed by atoms with Crippen molar-refractivity contribution in [3.8, 4) is 0 Å². The summed E-state index contributed by atoms with van der Waals surface area (Å²) < 4.78 is 4.64. The maximum atomic E-state index is 10.7. The zero-order valence-corrected chi connectivity index (χ0v) is 5.80. The summed E-state index contributed by atoms with van der Waals surface area (Å²) in [6.45, 7) is 0. The fourth-order valence-corrected chi connectivity index (χ4v) is 0.623. The summed E-state index contributed by atoms with van der Waals surface area (Å²) in [5, 5.41) is -0.810. The lowest BCUT2D eigenvalue weighted by molar-refractivity contribution is -0.107. The third-order valence-corrected chi connectivity index (χ3v) is 1.14. The molecule has 1 aromatic rings. The number of furan rings is 1. The van der Waals surface area contributed by atoms with Gasteiger partial charge in [-0.2, -0.15) is 0 Å². The van der Waals surface area contributed by atoms with Crippen LogP contribution < -0.4 is 0 Å². The van der Waals surface area contributed by atoms with Gasteiger partial charge < -0.3 is 4.42 Å². The van der Waals surface area contributed by atoms with Crippen LogP contribution in [0.15, 0.2) is 22.8 Å². The van der Waals surface area contributed by atoms with E-state index in [-0.39, 0.29) is 5.76 Å². The van der Waals surface area contributed by atoms with Gasteiger partial charge in [-0.15, -0.1) is 0 Å². The van der Waals surface area contributed by atoms with E-state index in [0.29, 0.717) is 0 Å². The number of carbonyl (C=O) groups excluding carboxylic acids is 2. The molecule has 0 aliphatic rings. The standard InChI is InChI=1S/C6H4O3S/c7-5(6(8)10)4-2-1-3-9-4/h1-3H,(H,8,10). The molecule has 0 aliphatic carbocycles. The van der Waals surface area contributed by atoms with Gasteiger partial charge in [-0.3, -0.25) is 9.59 Å². The van der Waals surface area contributed by atoms with E-state index in [1.165, 1.54) is 18.4 Å². The molecule has 0 amide bonds. The molecule has 4 heteroatoms. The molecule has 0 aromatic carbocycles. The summed E-state index contributed by atoms with van der Waals surface area (Å²) in [6, 6.07) is 2.94. The molecule has 0 aliphatic heterocycles. The van der Waals surface area contributed by atoms with Crippen molar-refractivity contribution in [1.29, 1.82) is 0 Å². The maximum absolute atomic E-state index is 10.7. The highest BCUT2D eigenvalue weighted by atomic mass is 32.1. The van der Waals surface area contributed by atoms with E-state index in [1.807, 2.05) is 0 Å². The van der Waals surface area contributed by atoms with E-state index in [4.69, 9.17) is 0 Å². The van der Waals surface area contributed by atoms with Crippen LogP contribution in [-0.4, -0.2) is 10.9 Å². The molecule has 0 atom stereocenters. The zero-order valence-electron chi connectivity index (χ0n) is 4.90. The molecular weight excluding hydrogens is 152 g/mol. The predicted molar refractivity (Wildman–Crippen MR) is 37.0 cm³/mol. The molecule has 0 fully saturated rings. The van der Waals surface area contributed by atoms with Crippen LogP contribution in [0.1, 0.15) is 10.6 Å². The quantitative estimate of drug-likeness (QED) is 0.393. The zero-order chi connectivity index (χ0) is 7.56. The normalized spacial score (nSPS) is 9.30. The first kappa shape index (κ1) is 7.08. The number of hydrogen-bond donors (Lipinski definition) is 1. The van der Waals surface area contributed by atoms with Crippen LogP contribution in [0.4, 0.5) is 0 Å². The Balaban J connectivity index is 2.88. The highest BCUT2D eigenvalue weighted by Gasteiger charge is 2.13. The Morgan fingerprint density at radius 2 is 2.20 bits per heavy atom. The first-order valence-corrected chi connectivity index (χ1v) is 2.97. The molecule has 0 saturated carbocycles. The van der Waals surface area contributed by atoms with Gasteiger partial charge in [-0.05, 0) is 12.1 Å². The van der Waals surface area contributed by atoms with Gasteiger partial charge in [0.25, 0.3) is 10.9 Å². The summed E-state index contributed by atoms with van der Waals surface area (Å²) in [4.78, 5) is 21.0. The lowest BCUT2D eigenvalue weighted by Crippen LogP contribution is -2.05. The molecule has 0 saturated heterocycles. The monoisotopic (exact) mass is 156 g/mol. The molecule has 3 nitrogen and oxygen atoms in total. The van der Waals surface area contributed by atoms with Crippen LogP contribution in [-0.2, 0) is 4.79 Å². The van der Waals surface area contributed by atoms with Crippen molar-refractivity contribution in [2.45, 2.75) is 0 Å². The van der Waals surface area contributed by atoms with E-state index < -0.39 is 10.9 Å². The van der Waals surface area contributed by atoms with Crippen LogP contribution in [0.3, 0.4) is 0 Å². The minimum Gasteiger partial charge on any atom is -0.461 e. The fraction of sp³-hybridized carbons (Fsp3) is 0. The number of Topliss-reactive ketones (excluding diaryl/α,β-unsaturated/α-hetero) is 1. The number of thiol groups is 1. The highest BCUT2D eigenvalue weighted by Crippen LogP contribution is 2.02. The minimum atomic E-state index is -0.810. The van der Waals surface area contributed by atoms with Crippen LogP contribution in [0.2, 0.25) is 0 Å². The predicted octanol–water partition coefficient (Wildman–Crippen LogP) is 0.919. The second-order valence-corrected chi connectivity index (χ2v) is 2.02. The first-order chi connectivity index (χ1) is 4.72. The molecule has 0 unspecified atom stereocenters. The summed E-state index contributed by atoms with van der Waals surface area (Å²) in [5.74, 6) is -0.687. The van der Waals surface area contributed by atoms with Crippen molar-refractivity contribution in [2.24, 2.45) is 0 Å². The lowest BCUT2D eigenvalue weighted by atomic mass is 10.3. The average molecular weight is 156 g/mol. The van der Waals surface area contributed by atoms with Crippen molar-refractivity contribution >= 4 is 23.5 Å². The van der Waals surface area contributed by atoms with Crippen LogP contribution in [0.5, 0.6) is 0 Å². The van der Waals surface area contributed by atoms with E-state index >= 15 is 0 Å². The SMILES string of the molecule is O=C(S)C(=O)c1ccco1. The minimum absolute atomic E-state index is 0.0278. The molecule has 10 heavy (non-hydrogen) atoms. The Labute approximate surface area is 62.4 Å². The van der Waals surface area contributed by atoms with Gasteiger partial charge in [0, 0.05) is 0 Å². The Morgan fingerprint density at radius 3 is 2.60 bits per heavy atom. The van der Waals surface area contributed by atoms with Gasteiger partial charge in [0.2, 0.25) is 0 Å². The molecule has 1 heterocycles. The lowest BCUT2D eigenvalue weighted by Gasteiger charge is -1.85. The number of rotatable bonds is 2. The third kappa shape index (κ3) is 1.27. The number of carbonyl (C=O) groups is 2. The van der Waals surface area contributed by atoms with Crippen molar-refractivity contribution < 1.29 is 14.0 Å². The van der Waals surface area contributed by atoms with Gasteiger partial charge in [-0.1, -0.05) is 12.6 Å². The summed E-state index contributed by atoms with van der Waals surface area (Å²) >= 11 is 3.33. The van der Waals surface area contributed by atoms with Gasteiger partial charge in [-0.25, -0.2) is 0 Å². The molecule has 1 aromatic heterocycles. The van der Waals surface area contributed by atoms with Gasteiger partial charge in [0.05, 0.1) is 6.26 Å². The average Bonchev–Trinajstić information content (AvgIpc) is 2.36. The first-order valence-electron chi connectivity index (χ1n) is 2.53. The van der Waals surface area contributed by atoms with Crippen molar-refractivity contribution in [1.82, 2.24) is 0 Å². The summed E-state index contributed by atoms with van der Waals surface area (Å²) in [7, 11) is 0. The fourth-order valence-electron chi connectivity index (χ4n) is 0.513. The second-order valence-electron chi connectivity index (χ2n) is 1.61.